The zero-order valence-electron chi connectivity index (χ0n) is 51.6. The second-order valence-electron chi connectivity index (χ2n) is 21.4. The van der Waals surface area contributed by atoms with Gasteiger partial charge in [-0.25, -0.2) is 38.1 Å². The fourth-order valence-electron chi connectivity index (χ4n) is 10.3. The van der Waals surface area contributed by atoms with Gasteiger partial charge in [0.2, 0.25) is 18.6 Å². The maximum Gasteiger partial charge on any atom is 1.00 e. The number of nitrogens with two attached hydrogens (primary N) is 3. The largest absolute Gasteiger partial charge is 1.00 e. The molecular formula is C44H53N17Na4O27P4. The molecule has 7 aromatic rings. The van der Waals surface area contributed by atoms with Gasteiger partial charge in [0.1, 0.15) is 73.5 Å². The number of ether oxygens (including phenoxy) is 5. The van der Waals surface area contributed by atoms with Gasteiger partial charge in [-0.05, 0) is 11.5 Å². The van der Waals surface area contributed by atoms with Gasteiger partial charge in [-0.2, -0.15) is 4.98 Å². The van der Waals surface area contributed by atoms with Crippen LogP contribution in [0.2, 0.25) is 0 Å². The molecule has 17 atom stereocenters. The Morgan fingerprint density at radius 1 is 0.781 bits per heavy atom. The Morgan fingerprint density at radius 3 is 2.01 bits per heavy atom. The molecule has 500 valence electrons. The summed E-state index contributed by atoms with van der Waals surface area (Å²) in [6.45, 7) is 0.390. The van der Waals surface area contributed by atoms with E-state index in [1.807, 2.05) is 0 Å². The van der Waals surface area contributed by atoms with E-state index in [-0.39, 0.29) is 181 Å². The van der Waals surface area contributed by atoms with Crippen molar-refractivity contribution in [3.63, 3.8) is 0 Å². The third kappa shape index (κ3) is 18.0. The number of H-pyrrole nitrogens is 1. The van der Waals surface area contributed by atoms with Gasteiger partial charge < -0.3 is 104 Å². The summed E-state index contributed by atoms with van der Waals surface area (Å²) in [5.41, 5.74) is 14.6. The van der Waals surface area contributed by atoms with Gasteiger partial charge in [0.05, 0.1) is 56.1 Å². The number of nitrogen functional groups attached to an aromatic ring is 3. The van der Waals surface area contributed by atoms with E-state index in [0.717, 1.165) is 32.7 Å². The van der Waals surface area contributed by atoms with Crippen molar-refractivity contribution in [3.8, 4) is 5.88 Å². The zero-order valence-corrected chi connectivity index (χ0v) is 63.1. The van der Waals surface area contributed by atoms with Crippen LogP contribution in [0.15, 0.2) is 54.4 Å². The van der Waals surface area contributed by atoms with Crippen LogP contribution in [-0.4, -0.2) is 162 Å². The number of carbonyl (C=O) groups is 1. The van der Waals surface area contributed by atoms with Crippen molar-refractivity contribution >= 4 is 94.6 Å². The monoisotopic (exact) mass is 1470 g/mol. The Bertz CT molecular complexity index is 4220. The number of para-hydroxylation sites is 1. The number of hydrogen-bond donors (Lipinski definition) is 8. The Labute approximate surface area is 626 Å². The Balaban J connectivity index is 0.00000364. The molecule has 52 heteroatoms. The first-order valence-electron chi connectivity index (χ1n) is 26.5. The predicted octanol–water partition coefficient (Wildman–Crippen LogP) is -16.6. The fourth-order valence-corrected chi connectivity index (χ4v) is 14.6. The molecule has 96 heavy (non-hydrogen) atoms. The fraction of sp³-hybridized carbons (Fsp3) is 0.500. The normalized spacial score (nSPS) is 26.3. The summed E-state index contributed by atoms with van der Waals surface area (Å²) in [5.74, 6) is -1.89. The number of carbonyl (C=O) groups excluding carboxylic acids is 1. The van der Waals surface area contributed by atoms with Crippen molar-refractivity contribution in [3.05, 3.63) is 75.6 Å². The third-order valence-electron chi connectivity index (χ3n) is 14.2. The van der Waals surface area contributed by atoms with Crippen LogP contribution in [0, 0.1) is 15.5 Å². The van der Waals surface area contributed by atoms with Crippen molar-refractivity contribution < 1.29 is 241 Å². The summed E-state index contributed by atoms with van der Waals surface area (Å²) in [7, 11) is -24.0. The molecule has 1 amide bonds. The maximum atomic E-state index is 13.7. The zero-order chi connectivity index (χ0) is 66.7. The summed E-state index contributed by atoms with van der Waals surface area (Å²) in [6, 6.07) is 3.93. The van der Waals surface area contributed by atoms with Crippen LogP contribution in [0.1, 0.15) is 51.1 Å². The molecule has 6 aromatic heterocycles. The quantitative estimate of drug-likeness (QED) is 0.00475. The van der Waals surface area contributed by atoms with E-state index in [1.54, 1.807) is 20.8 Å². The van der Waals surface area contributed by atoms with Crippen LogP contribution in [-0.2, 0) is 80.5 Å². The minimum atomic E-state index is -6.74. The van der Waals surface area contributed by atoms with E-state index in [2.05, 4.69) is 53.8 Å². The van der Waals surface area contributed by atoms with Crippen LogP contribution < -0.4 is 176 Å². The molecule has 44 nitrogen and oxygen atoms in total. The Kier molecular flexibility index (Phi) is 27.7. The molecule has 3 aliphatic heterocycles. The number of aliphatic hydroxyl groups excluding tert-OH is 3. The first-order chi connectivity index (χ1) is 43.2. The van der Waals surface area contributed by atoms with Crippen LogP contribution in [0.5, 0.6) is 5.88 Å². The number of hydrogen-bond acceptors (Lipinski definition) is 37. The number of aliphatic hydroxyl groups is 3. The van der Waals surface area contributed by atoms with Crippen LogP contribution in [0.3, 0.4) is 0 Å². The molecule has 3 aliphatic rings. The predicted molar refractivity (Wildman–Crippen MR) is 289 cm³/mol. The molecule has 11 N–H and O–H groups in total. The van der Waals surface area contributed by atoms with E-state index in [4.69, 9.17) is 59.0 Å². The molecule has 1 aromatic carbocycles. The number of phosphoric acid groups is 4. The van der Waals surface area contributed by atoms with E-state index in [0.29, 0.717) is 0 Å². The average molecular weight is 1470 g/mol. The molecule has 8 unspecified atom stereocenters. The van der Waals surface area contributed by atoms with Crippen LogP contribution >= 0.6 is 31.3 Å². The number of aryl methyl sites for hydroxylation is 1. The van der Waals surface area contributed by atoms with Gasteiger partial charge in [0.25, 0.3) is 48.5 Å². The van der Waals surface area contributed by atoms with Crippen LogP contribution in [0.4, 0.5) is 23.4 Å². The smallest absolute Gasteiger partial charge is 0.856 e. The van der Waals surface area contributed by atoms with Gasteiger partial charge in [-0.15, -0.1) is 0 Å². The SMILES string of the molecule is Cn1c[n+]([C@@H]2O[C@H](COP(=O)([O-])OP(=O)([O-])OP(=O)([O-])OC[C@H]3O[C@@H](n4cnc5c(N)ncnc54)[C@@H](NC=O)C3OP(=O)([O-])OC[C@H]3O[C@@H](n4cnc5c(=O)[nH]c(N)nc54)[C@@H](O)C3O)[C@H](O)C2OCOC(c2ccccc2[N+](=O)[O-])C(C)(C)C)c2nc(N)nc([O-])c21.[Na+].[Na+].[Na+].[Na+]. The second-order valence-corrected chi connectivity index (χ2v) is 27.3. The number of anilines is 3. The number of nitro benzene ring substituents is 1. The second kappa shape index (κ2) is 32.5. The number of rotatable bonds is 26. The number of amides is 1. The molecule has 0 spiro atoms. The molecule has 0 saturated carbocycles. The number of aromatic amines is 1. The van der Waals surface area contributed by atoms with E-state index < -0.39 is 165 Å². The molecule has 10 rings (SSSR count). The van der Waals surface area contributed by atoms with E-state index >= 15 is 0 Å². The number of nitrogens with one attached hydrogen (secondary N) is 2. The van der Waals surface area contributed by atoms with Gasteiger partial charge in [-0.1, -0.05) is 37.9 Å². The first-order valence-corrected chi connectivity index (χ1v) is 32.3. The number of nitrogens with zero attached hydrogens (tertiary/aromatic N) is 12. The summed E-state index contributed by atoms with van der Waals surface area (Å²) < 4.78 is 115. The molecule has 3 fully saturated rings. The van der Waals surface area contributed by atoms with Crippen molar-refractivity contribution in [1.82, 2.24) is 58.9 Å². The molecule has 0 radical (unpaired) electrons. The minimum Gasteiger partial charge on any atom is -0.856 e. The van der Waals surface area contributed by atoms with Crippen molar-refractivity contribution in [2.75, 3.05) is 43.8 Å². The Morgan fingerprint density at radius 2 is 1.38 bits per heavy atom. The number of imidazole rings is 3. The summed E-state index contributed by atoms with van der Waals surface area (Å²) in [4.78, 5) is 119. The summed E-state index contributed by atoms with van der Waals surface area (Å²) in [6.07, 6.45) is -16.9. The van der Waals surface area contributed by atoms with Gasteiger partial charge in [-0.3, -0.25) is 56.6 Å². The average Bonchev–Trinajstić information content (AvgIpc) is 1.61. The molecule has 9 heterocycles. The van der Waals surface area contributed by atoms with Gasteiger partial charge in [0.15, 0.2) is 46.9 Å². The van der Waals surface area contributed by atoms with Gasteiger partial charge in [0, 0.05) is 11.9 Å². The molecule has 0 bridgehead atoms. The van der Waals surface area contributed by atoms with Crippen molar-refractivity contribution in [1.29, 1.82) is 0 Å². The van der Waals surface area contributed by atoms with Crippen molar-refractivity contribution in [2.24, 2.45) is 12.5 Å². The maximum absolute atomic E-state index is 13.7. The summed E-state index contributed by atoms with van der Waals surface area (Å²) >= 11 is 0. The van der Waals surface area contributed by atoms with E-state index in [1.165, 1.54) is 42.2 Å². The Hall–Kier alpha value is -3.06. The number of fused-ring (bicyclic) bond motifs is 3. The minimum absolute atomic E-state index is 0. The number of benzene rings is 1. The number of aromatic nitrogens is 12. The summed E-state index contributed by atoms with van der Waals surface area (Å²) in [5, 5.41) is 60.6. The first kappa shape index (κ1) is 81.9. The van der Waals surface area contributed by atoms with Gasteiger partial charge >= 0.3 is 124 Å². The molecule has 0 aliphatic carbocycles. The molecule has 3 saturated heterocycles. The standard InChI is InChI=1S/C44H57N17O27P4.4Na/c1-44(2,3)32(18-7-5-6-8-19(18)61(68)69)79-17-78-31-28(64)21(84-41(31)60-16-57(4)26-36(60)54-43(47)56-38(26)67)10-81-90(72,73)87-92(76,77)88-91(74,75)82-11-22-30(23(52-15-62)39(85-22)58-13-50-24-33(45)48-12-49-34(24)58)86-89(70,71)80-9-20-27(63)29(65)40(83-20)59-14-51-25-35(59)53-42(46)55-37(25)66;;;;/h5-8,12-16,20-23,27-32,39-41,63-65H,9-11,17H2,1-4H3,(H12-,45,46,47,48,49,52,53,54,55,56,62,66,67,70,71,72,73,74,75,76,77);;;;/q;4*+1/p-4/t20-,21-,22-,23+,27?,28+,29+,30?,31?,32?,39-,40-,41-;;;;/m1..../s1. The topological polar surface area (TPSA) is 638 Å². The van der Waals surface area contributed by atoms with Crippen molar-refractivity contribution in [2.45, 2.75) is 100 Å². The third-order valence-corrected chi connectivity index (χ3v) is 19.3. The van der Waals surface area contributed by atoms with E-state index in [9.17, 15) is 78.0 Å². The van der Waals surface area contributed by atoms with Crippen LogP contribution in [0.25, 0.3) is 33.5 Å². The number of nitro groups is 1. The molecular weight excluding hydrogens is 1410 g/mol. The number of phosphoric ester groups is 3.